The zero-order valence-corrected chi connectivity index (χ0v) is 55.2. The zero-order chi connectivity index (χ0) is 59.9. The number of rotatable bonds is 66. The van der Waals surface area contributed by atoms with Crippen molar-refractivity contribution in [1.82, 2.24) is 0 Å². The number of hydrogen-bond acceptors (Lipinski definition) is 6. The summed E-state index contributed by atoms with van der Waals surface area (Å²) in [4.78, 5) is 38.3. The van der Waals surface area contributed by atoms with Gasteiger partial charge in [-0.15, -0.1) is 0 Å². The number of ether oxygens (including phenoxy) is 3. The van der Waals surface area contributed by atoms with Crippen molar-refractivity contribution in [3.63, 3.8) is 0 Å². The Morgan fingerprint density at radius 3 is 0.795 bits per heavy atom. The zero-order valence-electron chi connectivity index (χ0n) is 55.2. The molecular formula is C77H136O6. The van der Waals surface area contributed by atoms with E-state index in [-0.39, 0.29) is 31.6 Å². The summed E-state index contributed by atoms with van der Waals surface area (Å²) in [5, 5.41) is 0. The van der Waals surface area contributed by atoms with Crippen molar-refractivity contribution in [2.45, 2.75) is 374 Å². The molecule has 0 spiro atoms. The second kappa shape index (κ2) is 71.1. The van der Waals surface area contributed by atoms with Crippen molar-refractivity contribution in [2.24, 2.45) is 0 Å². The lowest BCUT2D eigenvalue weighted by molar-refractivity contribution is -0.166. The van der Waals surface area contributed by atoms with Gasteiger partial charge in [0.15, 0.2) is 6.10 Å². The molecule has 0 aliphatic carbocycles. The van der Waals surface area contributed by atoms with E-state index in [0.717, 1.165) is 77.0 Å². The van der Waals surface area contributed by atoms with Gasteiger partial charge in [-0.05, 0) is 77.0 Å². The van der Waals surface area contributed by atoms with Gasteiger partial charge in [0.25, 0.3) is 0 Å². The van der Waals surface area contributed by atoms with Crippen LogP contribution in [0.3, 0.4) is 0 Å². The van der Waals surface area contributed by atoms with Crippen LogP contribution >= 0.6 is 0 Å². The van der Waals surface area contributed by atoms with Gasteiger partial charge in [-0.1, -0.05) is 356 Å². The van der Waals surface area contributed by atoms with E-state index in [1.54, 1.807) is 6.08 Å². The van der Waals surface area contributed by atoms with Crippen LogP contribution in [0.2, 0.25) is 0 Å². The van der Waals surface area contributed by atoms with Crippen LogP contribution in [-0.4, -0.2) is 37.2 Å². The van der Waals surface area contributed by atoms with E-state index in [1.807, 2.05) is 6.08 Å². The molecule has 0 aliphatic heterocycles. The largest absolute Gasteiger partial charge is 0.462 e. The predicted octanol–water partition coefficient (Wildman–Crippen LogP) is 25.0. The highest BCUT2D eigenvalue weighted by atomic mass is 16.6. The molecule has 0 saturated carbocycles. The Kier molecular flexibility index (Phi) is 68.2. The first kappa shape index (κ1) is 79.6. The first-order chi connectivity index (χ1) is 41.0. The van der Waals surface area contributed by atoms with Crippen molar-refractivity contribution in [1.29, 1.82) is 0 Å². The van der Waals surface area contributed by atoms with E-state index < -0.39 is 12.1 Å². The molecule has 83 heavy (non-hydrogen) atoms. The third kappa shape index (κ3) is 69.3. The fourth-order valence-electron chi connectivity index (χ4n) is 10.6. The second-order valence-corrected chi connectivity index (χ2v) is 24.1. The molecule has 0 aliphatic rings. The molecule has 0 amide bonds. The summed E-state index contributed by atoms with van der Waals surface area (Å²) in [5.41, 5.74) is 0. The SMILES string of the molecule is CC/C=C\C/C=C\C/C=C\C/C=C\C/C=C\CC(=O)OC(COC(=O)CCCCCCCCCCCCCCCCC)COC(=O)CCCCCCCCCCCCCCCCCCCCCCCCC/C=C\C/C=C\CCCCCCC. The minimum absolute atomic E-state index is 0.100. The molecule has 1 unspecified atom stereocenters. The van der Waals surface area contributed by atoms with Crippen molar-refractivity contribution in [2.75, 3.05) is 13.2 Å². The molecule has 0 bridgehead atoms. The van der Waals surface area contributed by atoms with E-state index >= 15 is 0 Å². The quantitative estimate of drug-likeness (QED) is 0.0261. The maximum Gasteiger partial charge on any atom is 0.310 e. The Balaban J connectivity index is 4.15. The van der Waals surface area contributed by atoms with Gasteiger partial charge in [0.05, 0.1) is 6.42 Å². The maximum atomic E-state index is 12.8. The predicted molar refractivity (Wildman–Crippen MR) is 362 cm³/mol. The standard InChI is InChI=1S/C77H136O6/c1-4-7-10-13-16-19-22-25-28-29-30-31-32-33-34-35-36-37-38-39-40-41-42-43-44-45-46-47-50-52-55-58-61-64-67-70-76(79)82-73-74(83-77(80)71-68-65-62-59-56-53-49-27-24-21-18-15-12-9-6-3)72-81-75(78)69-66-63-60-57-54-51-48-26-23-20-17-14-11-8-5-2/h9,12,18,21-22,25,27,29-30,49,56,59,65,68,74H,4-8,10-11,13-17,19-20,23-24,26,28,31-48,50-55,57-58,60-64,66-67,69-73H2,1-3H3/b12-9-,21-18-,25-22-,30-29-,49-27-,59-56-,68-65-. The number of allylic oxidation sites excluding steroid dienone is 13. The topological polar surface area (TPSA) is 78.9 Å². The molecule has 0 rings (SSSR count). The fraction of sp³-hybridized carbons (Fsp3) is 0.779. The molecule has 480 valence electrons. The lowest BCUT2D eigenvalue weighted by Gasteiger charge is -2.18. The maximum absolute atomic E-state index is 12.8. The second-order valence-electron chi connectivity index (χ2n) is 24.1. The average molecular weight is 1160 g/mol. The summed E-state index contributed by atoms with van der Waals surface area (Å²) < 4.78 is 16.8. The van der Waals surface area contributed by atoms with E-state index in [0.29, 0.717) is 12.8 Å². The summed E-state index contributed by atoms with van der Waals surface area (Å²) in [7, 11) is 0. The lowest BCUT2D eigenvalue weighted by Crippen LogP contribution is -2.30. The summed E-state index contributed by atoms with van der Waals surface area (Å²) in [5.74, 6) is -1.02. The van der Waals surface area contributed by atoms with Crippen LogP contribution in [-0.2, 0) is 28.6 Å². The normalized spacial score (nSPS) is 12.6. The van der Waals surface area contributed by atoms with Crippen LogP contribution in [0.25, 0.3) is 0 Å². The van der Waals surface area contributed by atoms with Gasteiger partial charge < -0.3 is 14.2 Å². The molecule has 0 heterocycles. The number of carbonyl (C=O) groups excluding carboxylic acids is 3. The van der Waals surface area contributed by atoms with Gasteiger partial charge in [-0.25, -0.2) is 0 Å². The Morgan fingerprint density at radius 2 is 0.506 bits per heavy atom. The molecule has 0 fully saturated rings. The van der Waals surface area contributed by atoms with Crippen LogP contribution in [0.4, 0.5) is 0 Å². The summed E-state index contributed by atoms with van der Waals surface area (Å²) in [6.07, 6.45) is 95.2. The van der Waals surface area contributed by atoms with Crippen LogP contribution in [0.1, 0.15) is 367 Å². The first-order valence-electron chi connectivity index (χ1n) is 36.1. The number of carbonyl (C=O) groups is 3. The number of hydrogen-bond donors (Lipinski definition) is 0. The van der Waals surface area contributed by atoms with Gasteiger partial charge in [0.1, 0.15) is 13.2 Å². The van der Waals surface area contributed by atoms with Crippen molar-refractivity contribution < 1.29 is 28.6 Å². The number of esters is 3. The lowest BCUT2D eigenvalue weighted by atomic mass is 10.0. The highest BCUT2D eigenvalue weighted by Crippen LogP contribution is 2.18. The third-order valence-corrected chi connectivity index (χ3v) is 15.9. The van der Waals surface area contributed by atoms with Crippen molar-refractivity contribution in [3.8, 4) is 0 Å². The van der Waals surface area contributed by atoms with Gasteiger partial charge in [0, 0.05) is 12.8 Å². The Bertz CT molecular complexity index is 1570. The summed E-state index contributed by atoms with van der Waals surface area (Å²) in [6, 6.07) is 0. The van der Waals surface area contributed by atoms with Crippen LogP contribution in [0.15, 0.2) is 85.1 Å². The Labute approximate surface area is 515 Å². The highest BCUT2D eigenvalue weighted by Gasteiger charge is 2.19. The van der Waals surface area contributed by atoms with Crippen LogP contribution in [0.5, 0.6) is 0 Å². The molecule has 0 N–H and O–H groups in total. The molecule has 6 heteroatoms. The third-order valence-electron chi connectivity index (χ3n) is 15.9. The molecular weight excluding hydrogens is 1020 g/mol. The molecule has 1 atom stereocenters. The highest BCUT2D eigenvalue weighted by molar-refractivity contribution is 5.72. The van der Waals surface area contributed by atoms with Crippen molar-refractivity contribution >= 4 is 17.9 Å². The molecule has 0 aromatic rings. The molecule has 0 saturated heterocycles. The minimum Gasteiger partial charge on any atom is -0.462 e. The molecule has 0 aromatic carbocycles. The monoisotopic (exact) mass is 1160 g/mol. The summed E-state index contributed by atoms with van der Waals surface area (Å²) in [6.45, 7) is 6.48. The summed E-state index contributed by atoms with van der Waals surface area (Å²) >= 11 is 0. The van der Waals surface area contributed by atoms with Crippen LogP contribution < -0.4 is 0 Å². The minimum atomic E-state index is -0.829. The van der Waals surface area contributed by atoms with Crippen LogP contribution in [0, 0.1) is 0 Å². The van der Waals surface area contributed by atoms with Gasteiger partial charge in [0.2, 0.25) is 0 Å². The van der Waals surface area contributed by atoms with Gasteiger partial charge in [-0.3, -0.25) is 14.4 Å². The molecule has 0 radical (unpaired) electrons. The van der Waals surface area contributed by atoms with E-state index in [4.69, 9.17) is 14.2 Å². The molecule has 0 aromatic heterocycles. The fourth-order valence-corrected chi connectivity index (χ4v) is 10.6. The Morgan fingerprint density at radius 1 is 0.265 bits per heavy atom. The Hall–Kier alpha value is -3.41. The van der Waals surface area contributed by atoms with Crippen molar-refractivity contribution in [3.05, 3.63) is 85.1 Å². The average Bonchev–Trinajstić information content (AvgIpc) is 3.50. The molecule has 6 nitrogen and oxygen atoms in total. The van der Waals surface area contributed by atoms with E-state index in [2.05, 4.69) is 93.7 Å². The van der Waals surface area contributed by atoms with E-state index in [1.165, 1.54) is 250 Å². The van der Waals surface area contributed by atoms with E-state index in [9.17, 15) is 14.4 Å². The van der Waals surface area contributed by atoms with Gasteiger partial charge in [-0.2, -0.15) is 0 Å². The smallest absolute Gasteiger partial charge is 0.310 e. The van der Waals surface area contributed by atoms with Gasteiger partial charge >= 0.3 is 17.9 Å². The number of unbranched alkanes of at least 4 members (excludes halogenated alkanes) is 42. The first-order valence-corrected chi connectivity index (χ1v) is 36.1.